The highest BCUT2D eigenvalue weighted by Gasteiger charge is 2.37. The van der Waals surface area contributed by atoms with Crippen molar-refractivity contribution in [1.82, 2.24) is 19.7 Å². The Kier molecular flexibility index (Phi) is 7.21. The molecule has 1 aromatic carbocycles. The summed E-state index contributed by atoms with van der Waals surface area (Å²) < 4.78 is 8.28. The first kappa shape index (κ1) is 25.2. The molecule has 3 heterocycles. The molecule has 0 aliphatic heterocycles. The number of hydrogen-bond donors (Lipinski definition) is 1. The molecule has 0 spiro atoms. The van der Waals surface area contributed by atoms with Crippen molar-refractivity contribution in [3.63, 3.8) is 0 Å². The van der Waals surface area contributed by atoms with Crippen LogP contribution in [0, 0.1) is 0 Å². The van der Waals surface area contributed by atoms with E-state index in [1.165, 1.54) is 0 Å². The molecule has 0 saturated carbocycles. The molecular formula is C28H37N5OSi. The maximum Gasteiger partial charge on any atom is 0.192 e. The first-order valence-electron chi connectivity index (χ1n) is 12.4. The molecule has 4 rings (SSSR count). The Morgan fingerprint density at radius 3 is 2.54 bits per heavy atom. The zero-order valence-electron chi connectivity index (χ0n) is 21.7. The van der Waals surface area contributed by atoms with Crippen LogP contribution in [0.5, 0.6) is 0 Å². The molecule has 0 radical (unpaired) electrons. The van der Waals surface area contributed by atoms with Gasteiger partial charge < -0.3 is 10.2 Å². The van der Waals surface area contributed by atoms with Gasteiger partial charge in [-0.25, -0.2) is 9.67 Å². The normalized spacial score (nSPS) is 13.3. The van der Waals surface area contributed by atoms with Gasteiger partial charge in [-0.05, 0) is 54.9 Å². The van der Waals surface area contributed by atoms with E-state index in [1.54, 1.807) is 0 Å². The van der Waals surface area contributed by atoms with Crippen LogP contribution in [0.25, 0.3) is 28.0 Å². The second-order valence-electron chi connectivity index (χ2n) is 10.7. The molecule has 0 saturated heterocycles. The lowest BCUT2D eigenvalue weighted by Gasteiger charge is -2.36. The molecule has 0 amide bonds. The third-order valence-corrected chi connectivity index (χ3v) is 11.5. The van der Waals surface area contributed by atoms with Crippen molar-refractivity contribution in [2.45, 2.75) is 71.3 Å². The Labute approximate surface area is 209 Å². The highest BCUT2D eigenvalue weighted by atomic mass is 28.4. The molecule has 35 heavy (non-hydrogen) atoms. The van der Waals surface area contributed by atoms with Crippen LogP contribution >= 0.6 is 0 Å². The smallest absolute Gasteiger partial charge is 0.192 e. The lowest BCUT2D eigenvalue weighted by molar-refractivity contribution is 0.272. The van der Waals surface area contributed by atoms with E-state index in [-0.39, 0.29) is 11.1 Å². The fourth-order valence-electron chi connectivity index (χ4n) is 3.77. The minimum absolute atomic E-state index is 0.0466. The van der Waals surface area contributed by atoms with Crippen LogP contribution in [0.1, 0.15) is 58.0 Å². The average Bonchev–Trinajstić information content (AvgIpc) is 3.26. The molecule has 2 N–H and O–H groups in total. The second kappa shape index (κ2) is 10.0. The third kappa shape index (κ3) is 5.53. The summed E-state index contributed by atoms with van der Waals surface area (Å²) in [5.74, 6) is 0.778. The summed E-state index contributed by atoms with van der Waals surface area (Å²) in [5, 5.41) is 5.85. The maximum atomic E-state index is 6.39. The van der Waals surface area contributed by atoms with Gasteiger partial charge in [-0.3, -0.25) is 4.98 Å². The summed E-state index contributed by atoms with van der Waals surface area (Å²) >= 11 is 0. The molecule has 4 aromatic rings. The van der Waals surface area contributed by atoms with Gasteiger partial charge in [-0.1, -0.05) is 58.4 Å². The van der Waals surface area contributed by atoms with Gasteiger partial charge in [0.1, 0.15) is 0 Å². The predicted octanol–water partition coefficient (Wildman–Crippen LogP) is 6.80. The van der Waals surface area contributed by atoms with Crippen LogP contribution in [0.4, 0.5) is 0 Å². The summed E-state index contributed by atoms with van der Waals surface area (Å²) in [6.45, 7) is 13.9. The van der Waals surface area contributed by atoms with Crippen LogP contribution in [-0.2, 0) is 11.0 Å². The van der Waals surface area contributed by atoms with Crippen molar-refractivity contribution in [2.24, 2.45) is 5.73 Å². The summed E-state index contributed by atoms with van der Waals surface area (Å²) in [6.07, 6.45) is 3.83. The molecule has 0 bridgehead atoms. The molecule has 6 nitrogen and oxygen atoms in total. The average molecular weight is 488 g/mol. The number of nitrogens with two attached hydrogens (primary N) is 1. The highest BCUT2D eigenvalue weighted by Crippen LogP contribution is 2.37. The third-order valence-electron chi connectivity index (χ3n) is 7.01. The largest absolute Gasteiger partial charge is 0.411 e. The number of hydrogen-bond acceptors (Lipinski definition) is 5. The number of aromatic nitrogens is 4. The van der Waals surface area contributed by atoms with E-state index in [0.29, 0.717) is 6.61 Å². The van der Waals surface area contributed by atoms with Crippen LogP contribution < -0.4 is 5.73 Å². The van der Waals surface area contributed by atoms with Crippen molar-refractivity contribution in [3.05, 3.63) is 72.2 Å². The Morgan fingerprint density at radius 1 is 1.03 bits per heavy atom. The fourth-order valence-corrected chi connectivity index (χ4v) is 4.72. The fraction of sp³-hybridized carbons (Fsp3) is 0.393. The molecule has 3 aromatic heterocycles. The van der Waals surface area contributed by atoms with Crippen molar-refractivity contribution in [2.75, 3.05) is 0 Å². The van der Waals surface area contributed by atoms with E-state index >= 15 is 0 Å². The molecule has 0 aliphatic rings. The van der Waals surface area contributed by atoms with Gasteiger partial charge in [-0.2, -0.15) is 5.10 Å². The van der Waals surface area contributed by atoms with Crippen LogP contribution in [0.2, 0.25) is 18.1 Å². The Morgan fingerprint density at radius 2 is 1.80 bits per heavy atom. The minimum atomic E-state index is -1.86. The monoisotopic (exact) mass is 487 g/mol. The zero-order valence-corrected chi connectivity index (χ0v) is 22.7. The Balaban J connectivity index is 1.64. The summed E-state index contributed by atoms with van der Waals surface area (Å²) in [4.78, 5) is 9.73. The topological polar surface area (TPSA) is 78.8 Å². The van der Waals surface area contributed by atoms with E-state index in [1.807, 2.05) is 47.3 Å². The first-order valence-corrected chi connectivity index (χ1v) is 15.3. The molecule has 0 unspecified atom stereocenters. The van der Waals surface area contributed by atoms with Crippen molar-refractivity contribution >= 4 is 19.2 Å². The van der Waals surface area contributed by atoms with Crippen molar-refractivity contribution in [1.29, 1.82) is 0 Å². The summed E-state index contributed by atoms with van der Waals surface area (Å²) in [6, 6.07) is 18.3. The number of benzene rings is 1. The first-order chi connectivity index (χ1) is 16.6. The lowest BCUT2D eigenvalue weighted by Crippen LogP contribution is -2.40. The van der Waals surface area contributed by atoms with Crippen LogP contribution in [-0.4, -0.2) is 28.1 Å². The Bertz CT molecular complexity index is 1310. The molecule has 1 atom stereocenters. The van der Waals surface area contributed by atoms with Gasteiger partial charge >= 0.3 is 0 Å². The van der Waals surface area contributed by atoms with Gasteiger partial charge in [0.15, 0.2) is 14.1 Å². The quantitative estimate of drug-likeness (QED) is 0.276. The van der Waals surface area contributed by atoms with Crippen LogP contribution in [0.15, 0.2) is 60.8 Å². The molecule has 184 valence electrons. The number of nitrogens with zero attached hydrogens (tertiary/aromatic N) is 4. The van der Waals surface area contributed by atoms with Gasteiger partial charge in [0, 0.05) is 17.0 Å². The standard InChI is InChI=1S/C28H37N5OSi/c1-7-10-23(29)25-13-9-12-24(32-25)20-15-16-21-18-30-33(26(21)17-20)27-14-8-11-22(31-27)19-34-35(5,6)28(2,3)4/h8-9,11-18,23H,7,10,19,29H2,1-6H3/t23-/m1/s1. The SMILES string of the molecule is CCC[C@@H](N)c1cccc(-c2ccc3cnn(-c4cccc(CO[Si](C)(C)C(C)(C)C)n4)c3c2)n1. The molecule has 7 heteroatoms. The molecule has 0 fully saturated rings. The van der Waals surface area contributed by atoms with E-state index < -0.39 is 8.32 Å². The highest BCUT2D eigenvalue weighted by molar-refractivity contribution is 6.74. The van der Waals surface area contributed by atoms with E-state index in [4.69, 9.17) is 20.1 Å². The zero-order chi connectivity index (χ0) is 25.2. The van der Waals surface area contributed by atoms with Gasteiger partial charge in [0.25, 0.3) is 0 Å². The number of pyridine rings is 2. The summed E-state index contributed by atoms with van der Waals surface area (Å²) in [5.41, 5.74) is 11.1. The van der Waals surface area contributed by atoms with Gasteiger partial charge in [-0.15, -0.1) is 0 Å². The van der Waals surface area contributed by atoms with Crippen molar-refractivity contribution in [3.8, 4) is 17.1 Å². The maximum absolute atomic E-state index is 6.39. The van der Waals surface area contributed by atoms with Crippen molar-refractivity contribution < 1.29 is 4.43 Å². The van der Waals surface area contributed by atoms with Gasteiger partial charge in [0.2, 0.25) is 0 Å². The molecular weight excluding hydrogens is 450 g/mol. The number of fused-ring (bicyclic) bond motifs is 1. The predicted molar refractivity (Wildman–Crippen MR) is 146 cm³/mol. The number of rotatable bonds is 8. The minimum Gasteiger partial charge on any atom is -0.411 e. The van der Waals surface area contributed by atoms with E-state index in [0.717, 1.165) is 52.2 Å². The van der Waals surface area contributed by atoms with E-state index in [2.05, 4.69) is 64.1 Å². The lowest BCUT2D eigenvalue weighted by atomic mass is 10.1. The second-order valence-corrected chi connectivity index (χ2v) is 15.5. The summed E-state index contributed by atoms with van der Waals surface area (Å²) in [7, 11) is -1.86. The Hall–Kier alpha value is -2.87. The van der Waals surface area contributed by atoms with Crippen LogP contribution in [0.3, 0.4) is 0 Å². The van der Waals surface area contributed by atoms with E-state index in [9.17, 15) is 0 Å². The van der Waals surface area contributed by atoms with Gasteiger partial charge in [0.05, 0.1) is 35.4 Å². The molecule has 0 aliphatic carbocycles.